The van der Waals surface area contributed by atoms with Gasteiger partial charge in [-0.1, -0.05) is 17.3 Å². The van der Waals surface area contributed by atoms with Crippen LogP contribution in [-0.2, 0) is 22.6 Å². The van der Waals surface area contributed by atoms with Gasteiger partial charge in [0.15, 0.2) is 17.3 Å². The second-order valence-electron chi connectivity index (χ2n) is 5.94. The lowest BCUT2D eigenvalue weighted by Gasteiger charge is -2.10. The van der Waals surface area contributed by atoms with E-state index in [9.17, 15) is 4.79 Å². The molecule has 0 spiro atoms. The lowest BCUT2D eigenvalue weighted by Crippen LogP contribution is -2.29. The number of thiophene rings is 1. The maximum atomic E-state index is 11.9. The molecule has 0 saturated carbocycles. The summed E-state index contributed by atoms with van der Waals surface area (Å²) in [5.41, 5.74) is 1.70. The van der Waals surface area contributed by atoms with Crippen LogP contribution in [0.25, 0.3) is 10.6 Å². The molecule has 1 amide bonds. The van der Waals surface area contributed by atoms with Gasteiger partial charge in [0, 0.05) is 12.6 Å². The number of benzene rings is 1. The van der Waals surface area contributed by atoms with Crippen LogP contribution in [0.4, 0.5) is 0 Å². The van der Waals surface area contributed by atoms with E-state index in [1.165, 1.54) is 0 Å². The van der Waals surface area contributed by atoms with Crippen molar-refractivity contribution in [3.05, 3.63) is 53.0 Å². The van der Waals surface area contributed by atoms with Crippen LogP contribution in [0, 0.1) is 0 Å². The van der Waals surface area contributed by atoms with Crippen LogP contribution in [0.2, 0.25) is 0 Å². The molecule has 0 saturated heterocycles. The first-order valence-corrected chi connectivity index (χ1v) is 9.62. The molecule has 8 heteroatoms. The zero-order valence-corrected chi connectivity index (χ0v) is 16.6. The van der Waals surface area contributed by atoms with E-state index >= 15 is 0 Å². The van der Waals surface area contributed by atoms with Crippen molar-refractivity contribution in [1.29, 1.82) is 0 Å². The van der Waals surface area contributed by atoms with Crippen molar-refractivity contribution in [2.24, 2.45) is 0 Å². The van der Waals surface area contributed by atoms with E-state index in [-0.39, 0.29) is 19.1 Å². The van der Waals surface area contributed by atoms with E-state index < -0.39 is 0 Å². The standard InChI is InChI=1S/C20H22N2O5S/c1-24-16-6-5-14(10-17(16)25-2)7-8-21-20(23)13-26-12-15-11-18(27-22-15)19-4-3-9-28-19/h3-6,9-11H,7-8,12-13H2,1-2H3,(H,21,23). The average Bonchev–Trinajstić information content (AvgIpc) is 3.39. The number of methoxy groups -OCH3 is 2. The van der Waals surface area contributed by atoms with Gasteiger partial charge in [0.25, 0.3) is 0 Å². The zero-order valence-electron chi connectivity index (χ0n) is 15.8. The Labute approximate surface area is 167 Å². The highest BCUT2D eigenvalue weighted by Crippen LogP contribution is 2.27. The highest BCUT2D eigenvalue weighted by molar-refractivity contribution is 7.13. The highest BCUT2D eigenvalue weighted by atomic mass is 32.1. The van der Waals surface area contributed by atoms with Crippen LogP contribution < -0.4 is 14.8 Å². The molecule has 1 N–H and O–H groups in total. The molecule has 2 heterocycles. The molecule has 148 valence electrons. The molecule has 3 rings (SSSR count). The Morgan fingerprint density at radius 3 is 2.79 bits per heavy atom. The van der Waals surface area contributed by atoms with Crippen molar-refractivity contribution in [2.75, 3.05) is 27.4 Å². The van der Waals surface area contributed by atoms with Gasteiger partial charge in [-0.3, -0.25) is 4.79 Å². The Morgan fingerprint density at radius 1 is 1.18 bits per heavy atom. The molecular weight excluding hydrogens is 380 g/mol. The zero-order chi connectivity index (χ0) is 19.8. The summed E-state index contributed by atoms with van der Waals surface area (Å²) in [7, 11) is 3.19. The molecule has 1 aromatic carbocycles. The van der Waals surface area contributed by atoms with Crippen molar-refractivity contribution < 1.29 is 23.5 Å². The first-order chi connectivity index (χ1) is 13.7. The molecule has 28 heavy (non-hydrogen) atoms. The first kappa shape index (κ1) is 19.9. The minimum atomic E-state index is -0.178. The Kier molecular flexibility index (Phi) is 7.05. The molecule has 0 aliphatic rings. The van der Waals surface area contributed by atoms with Crippen molar-refractivity contribution in [3.8, 4) is 22.1 Å². The van der Waals surface area contributed by atoms with Crippen LogP contribution in [-0.4, -0.2) is 38.4 Å². The van der Waals surface area contributed by atoms with E-state index in [0.29, 0.717) is 35.9 Å². The van der Waals surface area contributed by atoms with E-state index in [0.717, 1.165) is 10.4 Å². The second-order valence-corrected chi connectivity index (χ2v) is 6.89. The fourth-order valence-electron chi connectivity index (χ4n) is 2.60. The third-order valence-corrected chi connectivity index (χ3v) is 4.87. The van der Waals surface area contributed by atoms with Crippen molar-refractivity contribution in [2.45, 2.75) is 13.0 Å². The van der Waals surface area contributed by atoms with Gasteiger partial charge < -0.3 is 24.1 Å². The molecule has 0 radical (unpaired) electrons. The van der Waals surface area contributed by atoms with Gasteiger partial charge in [-0.15, -0.1) is 11.3 Å². The smallest absolute Gasteiger partial charge is 0.246 e. The number of rotatable bonds is 10. The summed E-state index contributed by atoms with van der Waals surface area (Å²) in [6.45, 7) is 0.690. The van der Waals surface area contributed by atoms with E-state index in [1.807, 2.05) is 41.8 Å². The summed E-state index contributed by atoms with van der Waals surface area (Å²) in [6, 6.07) is 11.4. The number of carbonyl (C=O) groups is 1. The molecule has 2 aromatic heterocycles. The number of aromatic nitrogens is 1. The third kappa shape index (κ3) is 5.34. The molecule has 0 unspecified atom stereocenters. The number of hydrogen-bond acceptors (Lipinski definition) is 7. The summed E-state index contributed by atoms with van der Waals surface area (Å²) in [5.74, 6) is 1.87. The van der Waals surface area contributed by atoms with E-state index in [4.69, 9.17) is 18.7 Å². The molecule has 0 aliphatic carbocycles. The van der Waals surface area contributed by atoms with Crippen molar-refractivity contribution in [3.63, 3.8) is 0 Å². The molecular formula is C20H22N2O5S. The maximum absolute atomic E-state index is 11.9. The number of nitrogens with one attached hydrogen (secondary N) is 1. The van der Waals surface area contributed by atoms with E-state index in [2.05, 4.69) is 10.5 Å². The van der Waals surface area contributed by atoms with Gasteiger partial charge in [-0.25, -0.2) is 0 Å². The summed E-state index contributed by atoms with van der Waals surface area (Å²) in [4.78, 5) is 12.9. The third-order valence-electron chi connectivity index (χ3n) is 3.99. The van der Waals surface area contributed by atoms with Gasteiger partial charge in [0.2, 0.25) is 5.91 Å². The summed E-state index contributed by atoms with van der Waals surface area (Å²) in [5, 5.41) is 8.76. The minimum Gasteiger partial charge on any atom is -0.493 e. The Morgan fingerprint density at radius 2 is 2.04 bits per heavy atom. The van der Waals surface area contributed by atoms with Crippen LogP contribution in [0.3, 0.4) is 0 Å². The van der Waals surface area contributed by atoms with Crippen LogP contribution in [0.15, 0.2) is 46.3 Å². The summed E-state index contributed by atoms with van der Waals surface area (Å²) < 4.78 is 21.2. The average molecular weight is 402 g/mol. The molecule has 0 fully saturated rings. The molecule has 0 atom stereocenters. The van der Waals surface area contributed by atoms with Crippen LogP contribution in [0.1, 0.15) is 11.3 Å². The Balaban J connectivity index is 1.37. The summed E-state index contributed by atoms with van der Waals surface area (Å²) >= 11 is 1.58. The normalized spacial score (nSPS) is 10.6. The minimum absolute atomic E-state index is 0.0346. The molecule has 0 bridgehead atoms. The van der Waals surface area contributed by atoms with Gasteiger partial charge >= 0.3 is 0 Å². The molecule has 3 aromatic rings. The quantitative estimate of drug-likeness (QED) is 0.560. The van der Waals surface area contributed by atoms with Gasteiger partial charge in [-0.2, -0.15) is 0 Å². The number of nitrogens with zero attached hydrogens (tertiary/aromatic N) is 1. The monoisotopic (exact) mass is 402 g/mol. The number of hydrogen-bond donors (Lipinski definition) is 1. The number of ether oxygens (including phenoxy) is 3. The van der Waals surface area contributed by atoms with Gasteiger partial charge in [0.05, 0.1) is 25.7 Å². The predicted octanol–water partition coefficient (Wildman–Crippen LogP) is 3.30. The van der Waals surface area contributed by atoms with Crippen molar-refractivity contribution >= 4 is 17.2 Å². The Bertz CT molecular complexity index is 892. The van der Waals surface area contributed by atoms with Crippen LogP contribution >= 0.6 is 11.3 Å². The maximum Gasteiger partial charge on any atom is 0.246 e. The fraction of sp³-hybridized carbons (Fsp3) is 0.300. The van der Waals surface area contributed by atoms with Gasteiger partial charge in [0.1, 0.15) is 12.3 Å². The molecule has 7 nitrogen and oxygen atoms in total. The van der Waals surface area contributed by atoms with Crippen LogP contribution in [0.5, 0.6) is 11.5 Å². The Hall–Kier alpha value is -2.84. The van der Waals surface area contributed by atoms with Gasteiger partial charge in [-0.05, 0) is 35.6 Å². The lowest BCUT2D eigenvalue weighted by molar-refractivity contribution is -0.126. The van der Waals surface area contributed by atoms with Crippen molar-refractivity contribution in [1.82, 2.24) is 10.5 Å². The lowest BCUT2D eigenvalue weighted by atomic mass is 10.1. The second kappa shape index (κ2) is 9.91. The summed E-state index contributed by atoms with van der Waals surface area (Å²) in [6.07, 6.45) is 0.680. The highest BCUT2D eigenvalue weighted by Gasteiger charge is 2.09. The number of carbonyl (C=O) groups excluding carboxylic acids is 1. The number of amides is 1. The fourth-order valence-corrected chi connectivity index (χ4v) is 3.27. The SMILES string of the molecule is COc1ccc(CCNC(=O)COCc2cc(-c3cccs3)on2)cc1OC. The predicted molar refractivity (Wildman–Crippen MR) is 106 cm³/mol. The molecule has 0 aliphatic heterocycles. The topological polar surface area (TPSA) is 82.8 Å². The van der Waals surface area contributed by atoms with E-state index in [1.54, 1.807) is 25.6 Å². The largest absolute Gasteiger partial charge is 0.493 e. The first-order valence-electron chi connectivity index (χ1n) is 8.74.